The zero-order chi connectivity index (χ0) is 20.0. The summed E-state index contributed by atoms with van der Waals surface area (Å²) in [7, 11) is 1.69. The van der Waals surface area contributed by atoms with Crippen molar-refractivity contribution < 1.29 is 14.3 Å². The summed E-state index contributed by atoms with van der Waals surface area (Å²) in [6, 6.07) is 8.12. The van der Waals surface area contributed by atoms with Crippen molar-refractivity contribution in [2.45, 2.75) is 51.5 Å². The lowest BCUT2D eigenvalue weighted by molar-refractivity contribution is -0.121. The number of guanidine groups is 1. The Labute approximate surface area is 168 Å². The Morgan fingerprint density at radius 1 is 1.25 bits per heavy atom. The van der Waals surface area contributed by atoms with Crippen molar-refractivity contribution in [3.05, 3.63) is 24.3 Å². The number of rotatable bonds is 11. The molecule has 0 saturated heterocycles. The molecule has 1 aromatic rings. The largest absolute Gasteiger partial charge is 0.493 e. The maximum absolute atomic E-state index is 12.0. The number of carbonyl (C=O) groups is 1. The van der Waals surface area contributed by atoms with Crippen LogP contribution in [0.4, 0.5) is 5.69 Å². The number of amides is 1. The highest BCUT2D eigenvalue weighted by Gasteiger charge is 2.16. The highest BCUT2D eigenvalue weighted by molar-refractivity contribution is 5.93. The monoisotopic (exact) mass is 390 g/mol. The second-order valence-corrected chi connectivity index (χ2v) is 6.91. The molecule has 0 atom stereocenters. The van der Waals surface area contributed by atoms with Crippen LogP contribution in [0.3, 0.4) is 0 Å². The minimum absolute atomic E-state index is 0.0814. The SMILES string of the molecule is CCNC(=NCCC(=O)NC1CCCC1)Nc1cccc(OCCCOC)c1. The molecule has 1 aromatic carbocycles. The van der Waals surface area contributed by atoms with Crippen LogP contribution >= 0.6 is 0 Å². The summed E-state index contributed by atoms with van der Waals surface area (Å²) in [5, 5.41) is 9.57. The zero-order valence-electron chi connectivity index (χ0n) is 17.1. The molecule has 0 aliphatic heterocycles. The quantitative estimate of drug-likeness (QED) is 0.307. The van der Waals surface area contributed by atoms with Crippen molar-refractivity contribution in [3.8, 4) is 5.75 Å². The lowest BCUT2D eigenvalue weighted by Crippen LogP contribution is -2.34. The molecular formula is C21H34N4O3. The maximum atomic E-state index is 12.0. The third-order valence-electron chi connectivity index (χ3n) is 4.53. The lowest BCUT2D eigenvalue weighted by atomic mass is 10.2. The summed E-state index contributed by atoms with van der Waals surface area (Å²) >= 11 is 0. The number of aliphatic imine (C=N–C) groups is 1. The van der Waals surface area contributed by atoms with Crippen LogP contribution in [0.5, 0.6) is 5.75 Å². The Kier molecular flexibility index (Phi) is 10.2. The third-order valence-corrected chi connectivity index (χ3v) is 4.53. The van der Waals surface area contributed by atoms with E-state index in [1.807, 2.05) is 31.2 Å². The van der Waals surface area contributed by atoms with E-state index in [0.717, 1.165) is 37.2 Å². The highest BCUT2D eigenvalue weighted by Crippen LogP contribution is 2.18. The molecule has 1 saturated carbocycles. The molecule has 156 valence electrons. The standard InChI is InChI=1S/C21H34N4O3/c1-3-22-21(23-13-12-20(26)24-17-8-4-5-9-17)25-18-10-6-11-19(16-18)28-15-7-14-27-2/h6,10-11,16-17H,3-5,7-9,12-15H2,1-2H3,(H,24,26)(H2,22,23,25). The van der Waals surface area contributed by atoms with Gasteiger partial charge in [-0.3, -0.25) is 9.79 Å². The van der Waals surface area contributed by atoms with Gasteiger partial charge in [-0.25, -0.2) is 0 Å². The Morgan fingerprint density at radius 2 is 2.07 bits per heavy atom. The summed E-state index contributed by atoms with van der Waals surface area (Å²) in [6.07, 6.45) is 5.88. The molecule has 0 heterocycles. The molecule has 1 fully saturated rings. The third kappa shape index (κ3) is 8.61. The molecule has 0 spiro atoms. The smallest absolute Gasteiger partial charge is 0.222 e. The topological polar surface area (TPSA) is 84.0 Å². The van der Waals surface area contributed by atoms with Crippen molar-refractivity contribution >= 4 is 17.6 Å². The number of anilines is 1. The van der Waals surface area contributed by atoms with Crippen LogP contribution in [0, 0.1) is 0 Å². The van der Waals surface area contributed by atoms with Crippen molar-refractivity contribution in [1.82, 2.24) is 10.6 Å². The molecule has 28 heavy (non-hydrogen) atoms. The first-order valence-corrected chi connectivity index (χ1v) is 10.3. The molecule has 2 rings (SSSR count). The van der Waals surface area contributed by atoms with E-state index in [4.69, 9.17) is 9.47 Å². The second-order valence-electron chi connectivity index (χ2n) is 6.91. The van der Waals surface area contributed by atoms with Gasteiger partial charge in [0.05, 0.1) is 13.2 Å². The Morgan fingerprint density at radius 3 is 2.82 bits per heavy atom. The number of ether oxygens (including phenoxy) is 2. The van der Waals surface area contributed by atoms with E-state index in [9.17, 15) is 4.79 Å². The van der Waals surface area contributed by atoms with Gasteiger partial charge in [-0.1, -0.05) is 18.9 Å². The number of nitrogens with zero attached hydrogens (tertiary/aromatic N) is 1. The van der Waals surface area contributed by atoms with Gasteiger partial charge in [-0.2, -0.15) is 0 Å². The maximum Gasteiger partial charge on any atom is 0.222 e. The molecule has 1 aliphatic rings. The van der Waals surface area contributed by atoms with Crippen LogP contribution < -0.4 is 20.7 Å². The first-order valence-electron chi connectivity index (χ1n) is 10.3. The number of methoxy groups -OCH3 is 1. The number of benzene rings is 1. The van der Waals surface area contributed by atoms with E-state index in [1.165, 1.54) is 12.8 Å². The fraction of sp³-hybridized carbons (Fsp3) is 0.619. The van der Waals surface area contributed by atoms with E-state index in [0.29, 0.717) is 38.2 Å². The van der Waals surface area contributed by atoms with Gasteiger partial charge in [0, 0.05) is 50.9 Å². The Bertz CT molecular complexity index is 615. The zero-order valence-corrected chi connectivity index (χ0v) is 17.1. The summed E-state index contributed by atoms with van der Waals surface area (Å²) in [5.74, 6) is 1.54. The van der Waals surface area contributed by atoms with Crippen molar-refractivity contribution in [2.24, 2.45) is 4.99 Å². The van der Waals surface area contributed by atoms with Crippen LogP contribution in [-0.2, 0) is 9.53 Å². The minimum Gasteiger partial charge on any atom is -0.493 e. The van der Waals surface area contributed by atoms with Gasteiger partial charge in [-0.05, 0) is 31.9 Å². The molecule has 7 heteroatoms. The van der Waals surface area contributed by atoms with E-state index in [-0.39, 0.29) is 5.91 Å². The molecule has 3 N–H and O–H groups in total. The molecule has 0 aromatic heterocycles. The van der Waals surface area contributed by atoms with E-state index >= 15 is 0 Å². The Balaban J connectivity index is 1.81. The number of carbonyl (C=O) groups excluding carboxylic acids is 1. The number of hydrogen-bond donors (Lipinski definition) is 3. The van der Waals surface area contributed by atoms with Crippen molar-refractivity contribution in [3.63, 3.8) is 0 Å². The summed E-state index contributed by atoms with van der Waals surface area (Å²) in [4.78, 5) is 16.6. The summed E-state index contributed by atoms with van der Waals surface area (Å²) in [6.45, 7) is 4.50. The van der Waals surface area contributed by atoms with Crippen LogP contribution in [0.15, 0.2) is 29.3 Å². The molecule has 0 radical (unpaired) electrons. The lowest BCUT2D eigenvalue weighted by Gasteiger charge is -2.13. The first kappa shape index (κ1) is 22.0. The number of nitrogens with one attached hydrogen (secondary N) is 3. The minimum atomic E-state index is 0.0814. The number of hydrogen-bond acceptors (Lipinski definition) is 4. The van der Waals surface area contributed by atoms with Gasteiger partial charge in [0.15, 0.2) is 5.96 Å². The van der Waals surface area contributed by atoms with Gasteiger partial charge in [-0.15, -0.1) is 0 Å². The average molecular weight is 391 g/mol. The van der Waals surface area contributed by atoms with E-state index in [1.54, 1.807) is 7.11 Å². The fourth-order valence-electron chi connectivity index (χ4n) is 3.14. The van der Waals surface area contributed by atoms with Crippen LogP contribution in [-0.4, -0.2) is 51.3 Å². The summed E-state index contributed by atoms with van der Waals surface area (Å²) in [5.41, 5.74) is 0.888. The van der Waals surface area contributed by atoms with E-state index < -0.39 is 0 Å². The molecule has 0 bridgehead atoms. The van der Waals surface area contributed by atoms with E-state index in [2.05, 4.69) is 20.9 Å². The second kappa shape index (κ2) is 13.0. The van der Waals surface area contributed by atoms with Gasteiger partial charge in [0.1, 0.15) is 5.75 Å². The van der Waals surface area contributed by atoms with Crippen molar-refractivity contribution in [2.75, 3.05) is 38.7 Å². The average Bonchev–Trinajstić information content (AvgIpc) is 3.19. The first-order chi connectivity index (χ1) is 13.7. The molecular weight excluding hydrogens is 356 g/mol. The van der Waals surface area contributed by atoms with Crippen LogP contribution in [0.1, 0.15) is 45.4 Å². The fourth-order valence-corrected chi connectivity index (χ4v) is 3.14. The van der Waals surface area contributed by atoms with Gasteiger partial charge < -0.3 is 25.4 Å². The van der Waals surface area contributed by atoms with Crippen LogP contribution in [0.25, 0.3) is 0 Å². The summed E-state index contributed by atoms with van der Waals surface area (Å²) < 4.78 is 10.8. The molecule has 0 unspecified atom stereocenters. The predicted molar refractivity (Wildman–Crippen MR) is 113 cm³/mol. The normalized spacial score (nSPS) is 14.7. The predicted octanol–water partition coefficient (Wildman–Crippen LogP) is 2.93. The van der Waals surface area contributed by atoms with Crippen molar-refractivity contribution in [1.29, 1.82) is 0 Å². The molecule has 1 aliphatic carbocycles. The van der Waals surface area contributed by atoms with Gasteiger partial charge in [0.2, 0.25) is 5.91 Å². The molecule has 7 nitrogen and oxygen atoms in total. The highest BCUT2D eigenvalue weighted by atomic mass is 16.5. The van der Waals surface area contributed by atoms with Gasteiger partial charge in [0.25, 0.3) is 0 Å². The van der Waals surface area contributed by atoms with Crippen LogP contribution in [0.2, 0.25) is 0 Å². The molecule has 1 amide bonds. The Hall–Kier alpha value is -2.28. The van der Waals surface area contributed by atoms with Gasteiger partial charge >= 0.3 is 0 Å².